The van der Waals surface area contributed by atoms with Gasteiger partial charge < -0.3 is 15.0 Å². The van der Waals surface area contributed by atoms with Crippen molar-refractivity contribution < 1.29 is 14.3 Å². The maximum atomic E-state index is 14.1. The quantitative estimate of drug-likeness (QED) is 0.639. The molecule has 0 aliphatic heterocycles. The molecule has 0 aliphatic rings. The predicted octanol–water partition coefficient (Wildman–Crippen LogP) is 4.03. The van der Waals surface area contributed by atoms with Crippen LogP contribution in [0.3, 0.4) is 0 Å². The van der Waals surface area contributed by atoms with Crippen molar-refractivity contribution in [2.45, 2.75) is 26.4 Å². The van der Waals surface area contributed by atoms with E-state index in [4.69, 9.17) is 0 Å². The summed E-state index contributed by atoms with van der Waals surface area (Å²) in [6, 6.07) is 14.0. The Morgan fingerprint density at radius 2 is 1.88 bits per heavy atom. The van der Waals surface area contributed by atoms with Gasteiger partial charge in [0.25, 0.3) is 0 Å². The maximum Gasteiger partial charge on any atom is 0.352 e. The lowest BCUT2D eigenvalue weighted by Crippen LogP contribution is -2.18. The molecule has 3 aromatic rings. The van der Waals surface area contributed by atoms with Gasteiger partial charge >= 0.3 is 5.97 Å². The summed E-state index contributed by atoms with van der Waals surface area (Å²) in [5.41, 5.74) is 2.23. The number of para-hydroxylation sites is 1. The number of aromatic carboxylic acids is 1. The van der Waals surface area contributed by atoms with Crippen LogP contribution in [-0.2, 0) is 13.1 Å². The number of aromatic nitrogens is 1. The molecule has 2 N–H and O–H groups in total. The first-order valence-corrected chi connectivity index (χ1v) is 8.41. The van der Waals surface area contributed by atoms with E-state index in [0.717, 1.165) is 29.4 Å². The van der Waals surface area contributed by atoms with Crippen LogP contribution in [0.25, 0.3) is 10.9 Å². The molecule has 0 saturated heterocycles. The summed E-state index contributed by atoms with van der Waals surface area (Å²) >= 11 is 0. The topological polar surface area (TPSA) is 54.3 Å². The fraction of sp³-hybridized carbons (Fsp3) is 0.250. The molecule has 4 nitrogen and oxygen atoms in total. The number of nitrogens with zero attached hydrogens (tertiary/aromatic N) is 1. The van der Waals surface area contributed by atoms with E-state index in [2.05, 4.69) is 12.2 Å². The Morgan fingerprint density at radius 3 is 2.60 bits per heavy atom. The zero-order valence-corrected chi connectivity index (χ0v) is 14.1. The van der Waals surface area contributed by atoms with Gasteiger partial charge in [0.2, 0.25) is 0 Å². The second-order valence-corrected chi connectivity index (χ2v) is 6.00. The highest BCUT2D eigenvalue weighted by Crippen LogP contribution is 2.28. The van der Waals surface area contributed by atoms with Crippen LogP contribution in [0.2, 0.25) is 0 Å². The van der Waals surface area contributed by atoms with Gasteiger partial charge in [-0.3, -0.25) is 0 Å². The number of hydrogen-bond acceptors (Lipinski definition) is 2. The SMILES string of the molecule is CCCNCc1c(C(=O)O)n(Cc2ccccc2F)c2ccccc12. The van der Waals surface area contributed by atoms with Crippen molar-refractivity contribution in [2.75, 3.05) is 6.54 Å². The van der Waals surface area contributed by atoms with Gasteiger partial charge in [-0.05, 0) is 25.1 Å². The first-order chi connectivity index (χ1) is 12.1. The molecular weight excluding hydrogens is 319 g/mol. The highest BCUT2D eigenvalue weighted by Gasteiger charge is 2.22. The molecular formula is C20H21FN2O2. The lowest BCUT2D eigenvalue weighted by molar-refractivity contribution is 0.0684. The summed E-state index contributed by atoms with van der Waals surface area (Å²) in [5.74, 6) is -1.33. The van der Waals surface area contributed by atoms with Crippen LogP contribution >= 0.6 is 0 Å². The summed E-state index contributed by atoms with van der Waals surface area (Å²) < 4.78 is 15.8. The number of carbonyl (C=O) groups is 1. The zero-order valence-electron chi connectivity index (χ0n) is 14.1. The highest BCUT2D eigenvalue weighted by molar-refractivity contribution is 5.98. The molecule has 0 radical (unpaired) electrons. The largest absolute Gasteiger partial charge is 0.477 e. The van der Waals surface area contributed by atoms with Crippen LogP contribution in [0, 0.1) is 5.82 Å². The summed E-state index contributed by atoms with van der Waals surface area (Å²) in [6.45, 7) is 3.53. The van der Waals surface area contributed by atoms with E-state index in [-0.39, 0.29) is 18.1 Å². The van der Waals surface area contributed by atoms with E-state index in [1.54, 1.807) is 22.8 Å². The lowest BCUT2D eigenvalue weighted by Gasteiger charge is -2.10. The summed E-state index contributed by atoms with van der Waals surface area (Å²) in [5, 5.41) is 14.0. The van der Waals surface area contributed by atoms with Gasteiger partial charge in [-0.1, -0.05) is 43.3 Å². The van der Waals surface area contributed by atoms with Crippen LogP contribution in [0.4, 0.5) is 4.39 Å². The normalized spacial score (nSPS) is 11.1. The van der Waals surface area contributed by atoms with Gasteiger partial charge in [-0.25, -0.2) is 9.18 Å². The molecule has 0 spiro atoms. The van der Waals surface area contributed by atoms with Crippen molar-refractivity contribution in [1.29, 1.82) is 0 Å². The van der Waals surface area contributed by atoms with Gasteiger partial charge in [-0.2, -0.15) is 0 Å². The maximum absolute atomic E-state index is 14.1. The second-order valence-electron chi connectivity index (χ2n) is 6.00. The zero-order chi connectivity index (χ0) is 17.8. The standard InChI is InChI=1S/C20H21FN2O2/c1-2-11-22-12-16-15-8-4-6-10-18(15)23(19(16)20(24)25)13-14-7-3-5-9-17(14)21/h3-10,22H,2,11-13H2,1H3,(H,24,25). The number of fused-ring (bicyclic) bond motifs is 1. The van der Waals surface area contributed by atoms with Gasteiger partial charge in [0.15, 0.2) is 0 Å². The molecule has 0 saturated carbocycles. The van der Waals surface area contributed by atoms with Crippen LogP contribution in [-0.4, -0.2) is 22.2 Å². The van der Waals surface area contributed by atoms with Crippen molar-refractivity contribution >= 4 is 16.9 Å². The monoisotopic (exact) mass is 340 g/mol. The number of hydrogen-bond donors (Lipinski definition) is 2. The minimum atomic E-state index is -0.999. The Labute approximate surface area is 145 Å². The molecule has 0 aliphatic carbocycles. The van der Waals surface area contributed by atoms with Crippen molar-refractivity contribution in [3.63, 3.8) is 0 Å². The number of nitrogens with one attached hydrogen (secondary N) is 1. The van der Waals surface area contributed by atoms with E-state index in [1.807, 2.05) is 24.3 Å². The number of carboxylic acids is 1. The number of carboxylic acid groups (broad SMARTS) is 1. The molecule has 3 rings (SSSR count). The molecule has 5 heteroatoms. The molecule has 0 bridgehead atoms. The number of benzene rings is 2. The van der Waals surface area contributed by atoms with E-state index in [0.29, 0.717) is 12.1 Å². The van der Waals surface area contributed by atoms with E-state index >= 15 is 0 Å². The van der Waals surface area contributed by atoms with E-state index in [1.165, 1.54) is 6.07 Å². The first-order valence-electron chi connectivity index (χ1n) is 8.41. The van der Waals surface area contributed by atoms with Gasteiger partial charge in [-0.15, -0.1) is 0 Å². The second kappa shape index (κ2) is 7.49. The number of rotatable bonds is 7. The molecule has 1 heterocycles. The van der Waals surface area contributed by atoms with Crippen molar-refractivity contribution in [3.8, 4) is 0 Å². The Bertz CT molecular complexity index is 902. The van der Waals surface area contributed by atoms with Crippen molar-refractivity contribution in [1.82, 2.24) is 9.88 Å². The molecule has 0 atom stereocenters. The summed E-state index contributed by atoms with van der Waals surface area (Å²) in [6.07, 6.45) is 0.969. The van der Waals surface area contributed by atoms with E-state index in [9.17, 15) is 14.3 Å². The molecule has 25 heavy (non-hydrogen) atoms. The smallest absolute Gasteiger partial charge is 0.352 e. The van der Waals surface area contributed by atoms with E-state index < -0.39 is 5.97 Å². The summed E-state index contributed by atoms with van der Waals surface area (Å²) in [4.78, 5) is 12.0. The van der Waals surface area contributed by atoms with Crippen LogP contribution in [0.1, 0.15) is 35.0 Å². The van der Waals surface area contributed by atoms with Crippen LogP contribution < -0.4 is 5.32 Å². The van der Waals surface area contributed by atoms with Crippen LogP contribution in [0.5, 0.6) is 0 Å². The molecule has 1 aromatic heterocycles. The third-order valence-electron chi connectivity index (χ3n) is 4.29. The van der Waals surface area contributed by atoms with Crippen molar-refractivity contribution in [2.24, 2.45) is 0 Å². The lowest BCUT2D eigenvalue weighted by atomic mass is 10.1. The Balaban J connectivity index is 2.14. The van der Waals surface area contributed by atoms with Gasteiger partial charge in [0.1, 0.15) is 11.5 Å². The Hall–Kier alpha value is -2.66. The predicted molar refractivity (Wildman–Crippen MR) is 96.4 cm³/mol. The molecule has 0 amide bonds. The van der Waals surface area contributed by atoms with Crippen molar-refractivity contribution in [3.05, 3.63) is 71.2 Å². The van der Waals surface area contributed by atoms with Gasteiger partial charge in [0, 0.05) is 28.6 Å². The molecule has 0 fully saturated rings. The average molecular weight is 340 g/mol. The first kappa shape index (κ1) is 17.2. The fourth-order valence-corrected chi connectivity index (χ4v) is 3.15. The molecule has 2 aromatic carbocycles. The molecule has 130 valence electrons. The van der Waals surface area contributed by atoms with Gasteiger partial charge in [0.05, 0.1) is 6.54 Å². The molecule has 0 unspecified atom stereocenters. The van der Waals surface area contributed by atoms with Crippen LogP contribution in [0.15, 0.2) is 48.5 Å². The third-order valence-corrected chi connectivity index (χ3v) is 4.29. The highest BCUT2D eigenvalue weighted by atomic mass is 19.1. The average Bonchev–Trinajstić information content (AvgIpc) is 2.91. The minimum absolute atomic E-state index is 0.183. The Morgan fingerprint density at radius 1 is 1.16 bits per heavy atom. The minimum Gasteiger partial charge on any atom is -0.477 e. The fourth-order valence-electron chi connectivity index (χ4n) is 3.15. The number of halogens is 1. The summed E-state index contributed by atoms with van der Waals surface area (Å²) in [7, 11) is 0. The Kier molecular flexibility index (Phi) is 5.14. The third kappa shape index (κ3) is 3.42.